The number of piperidine rings is 1. The van der Waals surface area contributed by atoms with Crippen molar-refractivity contribution in [3.05, 3.63) is 83.7 Å². The van der Waals surface area contributed by atoms with Crippen LogP contribution in [0.25, 0.3) is 11.1 Å². The van der Waals surface area contributed by atoms with Gasteiger partial charge >= 0.3 is 0 Å². The Kier molecular flexibility index (Phi) is 7.85. The molecule has 0 radical (unpaired) electrons. The number of likely N-dealkylation sites (tertiary alicyclic amines) is 1. The van der Waals surface area contributed by atoms with Gasteiger partial charge in [0.05, 0.1) is 13.2 Å². The Hall–Kier alpha value is -3.34. The molecule has 36 heavy (non-hydrogen) atoms. The van der Waals surface area contributed by atoms with Crippen LogP contribution in [0, 0.1) is 11.7 Å². The predicted molar refractivity (Wildman–Crippen MR) is 140 cm³/mol. The van der Waals surface area contributed by atoms with E-state index in [1.54, 1.807) is 12.1 Å². The first-order valence-electron chi connectivity index (χ1n) is 13.2. The molecule has 0 spiro atoms. The van der Waals surface area contributed by atoms with Gasteiger partial charge in [0.15, 0.2) is 11.5 Å². The van der Waals surface area contributed by atoms with Crippen molar-refractivity contribution < 1.29 is 18.7 Å². The van der Waals surface area contributed by atoms with E-state index in [9.17, 15) is 9.18 Å². The first-order valence-corrected chi connectivity index (χ1v) is 13.2. The van der Waals surface area contributed by atoms with Gasteiger partial charge in [0, 0.05) is 25.9 Å². The monoisotopic (exact) mass is 487 g/mol. The molecule has 2 heterocycles. The van der Waals surface area contributed by atoms with Crippen LogP contribution in [-0.4, -0.2) is 37.1 Å². The summed E-state index contributed by atoms with van der Waals surface area (Å²) in [6, 6.07) is 21.0. The van der Waals surface area contributed by atoms with E-state index in [0.29, 0.717) is 32.0 Å². The number of halogens is 1. The van der Waals surface area contributed by atoms with E-state index in [-0.39, 0.29) is 11.7 Å². The number of hydrogen-bond donors (Lipinski definition) is 0. The van der Waals surface area contributed by atoms with Gasteiger partial charge in [0.25, 0.3) is 0 Å². The summed E-state index contributed by atoms with van der Waals surface area (Å²) in [7, 11) is 0. The Labute approximate surface area is 213 Å². The molecule has 1 amide bonds. The summed E-state index contributed by atoms with van der Waals surface area (Å²) < 4.78 is 24.9. The van der Waals surface area contributed by atoms with Crippen LogP contribution in [0.2, 0.25) is 0 Å². The molecule has 0 bridgehead atoms. The van der Waals surface area contributed by atoms with Crippen LogP contribution in [0.5, 0.6) is 11.5 Å². The van der Waals surface area contributed by atoms with Crippen LogP contribution < -0.4 is 9.47 Å². The van der Waals surface area contributed by atoms with E-state index in [4.69, 9.17) is 9.47 Å². The minimum atomic E-state index is -0.239. The molecule has 2 aliphatic heterocycles. The molecule has 5 rings (SSSR count). The minimum absolute atomic E-state index is 0.227. The SMILES string of the molecule is O=C(CCc1ccccc1-c1ccc(F)cc1)N1CCC(CCc2ccc3c(c2)OCCCO3)CC1. The summed E-state index contributed by atoms with van der Waals surface area (Å²) in [5.74, 6) is 2.35. The lowest BCUT2D eigenvalue weighted by Crippen LogP contribution is -2.38. The van der Waals surface area contributed by atoms with Gasteiger partial charge in [-0.05, 0) is 84.5 Å². The number of nitrogens with zero attached hydrogens (tertiary/aromatic N) is 1. The highest BCUT2D eigenvalue weighted by Gasteiger charge is 2.23. The van der Waals surface area contributed by atoms with Crippen LogP contribution >= 0.6 is 0 Å². The normalized spacial score (nSPS) is 16.0. The van der Waals surface area contributed by atoms with Crippen molar-refractivity contribution >= 4 is 5.91 Å². The predicted octanol–water partition coefficient (Wildman–Crippen LogP) is 6.46. The largest absolute Gasteiger partial charge is 0.490 e. The molecule has 0 saturated carbocycles. The van der Waals surface area contributed by atoms with Gasteiger partial charge in [-0.25, -0.2) is 4.39 Å². The van der Waals surface area contributed by atoms with Crippen molar-refractivity contribution in [3.63, 3.8) is 0 Å². The number of aryl methyl sites for hydroxylation is 2. The molecule has 0 N–H and O–H groups in total. The number of carbonyl (C=O) groups is 1. The van der Waals surface area contributed by atoms with E-state index in [1.807, 2.05) is 29.2 Å². The van der Waals surface area contributed by atoms with Crippen LogP contribution in [0.3, 0.4) is 0 Å². The highest BCUT2D eigenvalue weighted by atomic mass is 19.1. The summed E-state index contributed by atoms with van der Waals surface area (Å²) in [6.07, 6.45) is 6.38. The molecule has 1 fully saturated rings. The van der Waals surface area contributed by atoms with E-state index in [1.165, 1.54) is 17.7 Å². The Morgan fingerprint density at radius 1 is 0.889 bits per heavy atom. The van der Waals surface area contributed by atoms with Crippen molar-refractivity contribution in [3.8, 4) is 22.6 Å². The van der Waals surface area contributed by atoms with Crippen molar-refractivity contribution in [2.45, 2.75) is 44.9 Å². The summed E-state index contributed by atoms with van der Waals surface area (Å²) in [6.45, 7) is 3.10. The van der Waals surface area contributed by atoms with Crippen molar-refractivity contribution in [1.29, 1.82) is 0 Å². The quantitative estimate of drug-likeness (QED) is 0.384. The summed E-state index contributed by atoms with van der Waals surface area (Å²) >= 11 is 0. The number of fused-ring (bicyclic) bond motifs is 1. The molecular formula is C31H34FNO3. The third-order valence-electron chi connectivity index (χ3n) is 7.40. The number of rotatable bonds is 7. The first-order chi connectivity index (χ1) is 17.7. The van der Waals surface area contributed by atoms with Gasteiger partial charge in [0.1, 0.15) is 5.82 Å². The second-order valence-corrected chi connectivity index (χ2v) is 9.86. The fourth-order valence-corrected chi connectivity index (χ4v) is 5.25. The molecule has 188 valence electrons. The first kappa shape index (κ1) is 24.4. The minimum Gasteiger partial charge on any atom is -0.490 e. The smallest absolute Gasteiger partial charge is 0.222 e. The summed E-state index contributed by atoms with van der Waals surface area (Å²) in [5, 5.41) is 0. The standard InChI is InChI=1S/C31H34FNO3/c32-27-12-9-26(10-13-27)28-5-2-1-4-25(28)11-15-31(34)33-18-16-23(17-19-33)6-7-24-8-14-29-30(22-24)36-21-3-20-35-29/h1-2,4-5,8-10,12-14,22-23H,3,6-7,11,15-21H2. The van der Waals surface area contributed by atoms with Gasteiger partial charge in [-0.3, -0.25) is 4.79 Å². The maximum absolute atomic E-state index is 13.3. The molecule has 2 aliphatic rings. The highest BCUT2D eigenvalue weighted by molar-refractivity contribution is 5.77. The second kappa shape index (κ2) is 11.6. The third kappa shape index (κ3) is 6.07. The van der Waals surface area contributed by atoms with Crippen LogP contribution in [0.15, 0.2) is 66.7 Å². The van der Waals surface area contributed by atoms with Crippen LogP contribution in [0.1, 0.15) is 43.2 Å². The third-order valence-corrected chi connectivity index (χ3v) is 7.40. The second-order valence-electron chi connectivity index (χ2n) is 9.86. The zero-order valence-electron chi connectivity index (χ0n) is 20.8. The topological polar surface area (TPSA) is 38.8 Å². The molecule has 0 aromatic heterocycles. The summed E-state index contributed by atoms with van der Waals surface area (Å²) in [4.78, 5) is 15.0. The van der Waals surface area contributed by atoms with E-state index in [0.717, 1.165) is 73.4 Å². The fourth-order valence-electron chi connectivity index (χ4n) is 5.25. The van der Waals surface area contributed by atoms with Crippen LogP contribution in [0.4, 0.5) is 4.39 Å². The Morgan fingerprint density at radius 3 is 2.44 bits per heavy atom. The van der Waals surface area contributed by atoms with Gasteiger partial charge in [-0.15, -0.1) is 0 Å². The molecule has 5 heteroatoms. The molecule has 3 aromatic rings. The molecule has 0 unspecified atom stereocenters. The number of ether oxygens (including phenoxy) is 2. The Morgan fingerprint density at radius 2 is 1.64 bits per heavy atom. The number of carbonyl (C=O) groups excluding carboxylic acids is 1. The maximum atomic E-state index is 13.3. The van der Waals surface area contributed by atoms with E-state index >= 15 is 0 Å². The molecule has 4 nitrogen and oxygen atoms in total. The lowest BCUT2D eigenvalue weighted by molar-refractivity contribution is -0.132. The number of hydrogen-bond acceptors (Lipinski definition) is 3. The van der Waals surface area contributed by atoms with Gasteiger partial charge < -0.3 is 14.4 Å². The summed E-state index contributed by atoms with van der Waals surface area (Å²) in [5.41, 5.74) is 4.47. The van der Waals surface area contributed by atoms with E-state index in [2.05, 4.69) is 18.2 Å². The lowest BCUT2D eigenvalue weighted by Gasteiger charge is -2.32. The van der Waals surface area contributed by atoms with Gasteiger partial charge in [0.2, 0.25) is 5.91 Å². The van der Waals surface area contributed by atoms with Gasteiger partial charge in [-0.1, -0.05) is 42.5 Å². The fraction of sp³-hybridized carbons (Fsp3) is 0.387. The average molecular weight is 488 g/mol. The number of amides is 1. The lowest BCUT2D eigenvalue weighted by atomic mass is 9.90. The molecular weight excluding hydrogens is 453 g/mol. The maximum Gasteiger partial charge on any atom is 0.222 e. The van der Waals surface area contributed by atoms with E-state index < -0.39 is 0 Å². The van der Waals surface area contributed by atoms with Gasteiger partial charge in [-0.2, -0.15) is 0 Å². The van der Waals surface area contributed by atoms with Crippen molar-refractivity contribution in [1.82, 2.24) is 4.90 Å². The Bertz CT molecular complexity index is 1170. The molecule has 1 saturated heterocycles. The zero-order valence-corrected chi connectivity index (χ0v) is 20.8. The van der Waals surface area contributed by atoms with Crippen molar-refractivity contribution in [2.24, 2.45) is 5.92 Å². The van der Waals surface area contributed by atoms with Crippen LogP contribution in [-0.2, 0) is 17.6 Å². The molecule has 0 atom stereocenters. The van der Waals surface area contributed by atoms with Crippen molar-refractivity contribution in [2.75, 3.05) is 26.3 Å². The molecule has 0 aliphatic carbocycles. The number of benzene rings is 3. The Balaban J connectivity index is 1.09. The molecule has 3 aromatic carbocycles. The zero-order chi connectivity index (χ0) is 24.7. The average Bonchev–Trinajstić information content (AvgIpc) is 3.17. The highest BCUT2D eigenvalue weighted by Crippen LogP contribution is 2.32.